The van der Waals surface area contributed by atoms with Crippen molar-refractivity contribution < 1.29 is 31.8 Å². The Balaban J connectivity index is 0.000000460. The van der Waals surface area contributed by atoms with Gasteiger partial charge in [-0.2, -0.15) is 13.2 Å². The van der Waals surface area contributed by atoms with E-state index in [9.17, 15) is 30.4 Å². The lowest BCUT2D eigenvalue weighted by atomic mass is 9.66. The first-order valence-corrected chi connectivity index (χ1v) is 14.6. The van der Waals surface area contributed by atoms with Gasteiger partial charge in [-0.3, -0.25) is 4.72 Å². The molecule has 7 nitrogen and oxygen atoms in total. The highest BCUT2D eigenvalue weighted by Crippen LogP contribution is 2.45. The van der Waals surface area contributed by atoms with Gasteiger partial charge >= 0.3 is 6.18 Å². The van der Waals surface area contributed by atoms with E-state index in [0.717, 1.165) is 43.4 Å². The van der Waals surface area contributed by atoms with E-state index >= 15 is 0 Å². The van der Waals surface area contributed by atoms with Gasteiger partial charge in [0.05, 0.1) is 5.56 Å². The second-order valence-corrected chi connectivity index (χ2v) is 12.1. The maximum atomic E-state index is 14.9. The number of halogens is 6. The van der Waals surface area contributed by atoms with Crippen molar-refractivity contribution in [3.05, 3.63) is 78.3 Å². The van der Waals surface area contributed by atoms with Gasteiger partial charge in [0.2, 0.25) is 0 Å². The number of anilines is 2. The molecule has 1 atom stereocenters. The van der Waals surface area contributed by atoms with E-state index in [1.165, 1.54) is 43.7 Å². The standard InChI is InChI=1S/C21H27F2N5O2S.C7H5F3.HI.H2/c1-27(2)21(15-5-3-6-15)8-4-10-28(13-21)16-11-17(22)20(18(23)12-16)31(29,30)26-19-7-9-24-14-25-19;8-7(9,10)6-4-2-1-3-5-6;;/h7,9,11-12,14-15H,3-6,8,10,13H2,1-2H3,(H,24,25,26);1-5H;2*1H/t21-;;;/m1.../s1. The summed E-state index contributed by atoms with van der Waals surface area (Å²) in [7, 11) is -0.350. The summed E-state index contributed by atoms with van der Waals surface area (Å²) in [6.45, 7) is 1.33. The van der Waals surface area contributed by atoms with Crippen LogP contribution in [0.5, 0.6) is 0 Å². The number of nitrogens with zero attached hydrogens (tertiary/aromatic N) is 4. The molecule has 0 bridgehead atoms. The summed E-state index contributed by atoms with van der Waals surface area (Å²) in [6.07, 6.45) is 3.77. The van der Waals surface area contributed by atoms with Crippen LogP contribution in [0.4, 0.5) is 33.5 Å². The molecule has 2 fully saturated rings. The number of alkyl halides is 3. The number of piperidine rings is 1. The number of rotatable bonds is 6. The average Bonchev–Trinajstić information content (AvgIpc) is 2.88. The molecule has 1 saturated carbocycles. The number of benzene rings is 2. The molecule has 0 spiro atoms. The molecule has 1 saturated heterocycles. The van der Waals surface area contributed by atoms with E-state index < -0.39 is 38.3 Å². The Hall–Kier alpha value is -2.59. The lowest BCUT2D eigenvalue weighted by molar-refractivity contribution is -0.137. The lowest BCUT2D eigenvalue weighted by Crippen LogP contribution is -2.62. The zero-order valence-corrected chi connectivity index (χ0v) is 26.3. The minimum Gasteiger partial charge on any atom is -0.369 e. The van der Waals surface area contributed by atoms with Crippen LogP contribution in [0, 0.1) is 17.6 Å². The van der Waals surface area contributed by atoms with Crippen LogP contribution in [0.25, 0.3) is 0 Å². The molecule has 14 heteroatoms. The Morgan fingerprint density at radius 2 is 1.69 bits per heavy atom. The highest BCUT2D eigenvalue weighted by atomic mass is 127. The van der Waals surface area contributed by atoms with Crippen molar-refractivity contribution in [1.29, 1.82) is 0 Å². The summed E-state index contributed by atoms with van der Waals surface area (Å²) in [5.41, 5.74) is -0.279. The number of hydrogen-bond donors (Lipinski definition) is 1. The highest BCUT2D eigenvalue weighted by molar-refractivity contribution is 14.0. The molecule has 232 valence electrons. The molecule has 1 aliphatic heterocycles. The fourth-order valence-corrected chi connectivity index (χ4v) is 6.58. The van der Waals surface area contributed by atoms with Gasteiger partial charge in [0.15, 0.2) is 4.90 Å². The zero-order chi connectivity index (χ0) is 29.8. The molecule has 1 aromatic heterocycles. The molecule has 1 aliphatic carbocycles. The predicted octanol–water partition coefficient (Wildman–Crippen LogP) is 6.83. The van der Waals surface area contributed by atoms with Gasteiger partial charge in [-0.05, 0) is 63.9 Å². The van der Waals surface area contributed by atoms with Gasteiger partial charge in [0.1, 0.15) is 23.8 Å². The molecule has 5 rings (SSSR count). The van der Waals surface area contributed by atoms with Crippen molar-refractivity contribution in [2.75, 3.05) is 36.8 Å². The van der Waals surface area contributed by atoms with Crippen molar-refractivity contribution in [3.8, 4) is 0 Å². The maximum Gasteiger partial charge on any atom is 0.416 e. The Morgan fingerprint density at radius 3 is 2.17 bits per heavy atom. The van der Waals surface area contributed by atoms with Gasteiger partial charge in [-0.15, -0.1) is 24.0 Å². The quantitative estimate of drug-likeness (QED) is 0.222. The minimum atomic E-state index is -4.48. The first-order chi connectivity index (χ1) is 19.3. The molecule has 2 heterocycles. The molecule has 0 radical (unpaired) electrons. The monoisotopic (exact) mass is 727 g/mol. The van der Waals surface area contributed by atoms with Gasteiger partial charge in [-0.1, -0.05) is 36.8 Å². The number of likely N-dealkylation sites (N-methyl/N-ethyl adjacent to an activating group) is 1. The summed E-state index contributed by atoms with van der Waals surface area (Å²) in [4.78, 5) is 10.6. The van der Waals surface area contributed by atoms with E-state index in [2.05, 4.69) is 33.7 Å². The highest BCUT2D eigenvalue weighted by Gasteiger charge is 2.46. The Morgan fingerprint density at radius 1 is 1.05 bits per heavy atom. The fraction of sp³-hybridized carbons (Fsp3) is 0.429. The molecule has 0 unspecified atom stereocenters. The SMILES string of the molecule is CN(C)[C@]1(C2CCC2)CCCN(c2cc(F)c(S(=O)(=O)Nc3ccncn3)c(F)c2)C1.FC(F)(F)c1ccccc1.I.[HH]. The van der Waals surface area contributed by atoms with Gasteiger partial charge in [0.25, 0.3) is 10.0 Å². The smallest absolute Gasteiger partial charge is 0.369 e. The minimum absolute atomic E-state index is 0. The third kappa shape index (κ3) is 7.67. The van der Waals surface area contributed by atoms with Crippen molar-refractivity contribution in [1.82, 2.24) is 14.9 Å². The average molecular weight is 728 g/mol. The van der Waals surface area contributed by atoms with E-state index in [0.29, 0.717) is 24.7 Å². The van der Waals surface area contributed by atoms with Crippen molar-refractivity contribution in [2.45, 2.75) is 48.7 Å². The second kappa shape index (κ2) is 13.8. The summed E-state index contributed by atoms with van der Waals surface area (Å²) in [5.74, 6) is -1.75. The predicted molar refractivity (Wildman–Crippen MR) is 163 cm³/mol. The van der Waals surface area contributed by atoms with Gasteiger partial charge in [-0.25, -0.2) is 27.2 Å². The van der Waals surface area contributed by atoms with Gasteiger partial charge < -0.3 is 9.80 Å². The van der Waals surface area contributed by atoms with Crippen molar-refractivity contribution in [3.63, 3.8) is 0 Å². The maximum absolute atomic E-state index is 14.9. The largest absolute Gasteiger partial charge is 0.416 e. The Bertz CT molecular complexity index is 1410. The molecule has 0 amide bonds. The molecular formula is C28H35F5IN5O2S. The molecule has 3 aromatic rings. The van der Waals surface area contributed by atoms with Crippen LogP contribution in [0.1, 0.15) is 39.1 Å². The van der Waals surface area contributed by atoms with E-state index in [4.69, 9.17) is 0 Å². The Labute approximate surface area is 261 Å². The number of nitrogens with one attached hydrogen (secondary N) is 1. The zero-order valence-electron chi connectivity index (χ0n) is 23.1. The number of aromatic nitrogens is 2. The van der Waals surface area contributed by atoms with Crippen LogP contribution >= 0.6 is 24.0 Å². The third-order valence-corrected chi connectivity index (χ3v) is 9.20. The normalized spacial score (nSPS) is 19.3. The summed E-state index contributed by atoms with van der Waals surface area (Å²) in [6, 6.07) is 9.89. The first-order valence-electron chi connectivity index (χ1n) is 13.2. The topological polar surface area (TPSA) is 78.4 Å². The fourth-order valence-electron chi connectivity index (χ4n) is 5.45. The van der Waals surface area contributed by atoms with Crippen LogP contribution in [-0.2, 0) is 16.2 Å². The lowest BCUT2D eigenvalue weighted by Gasteiger charge is -2.55. The van der Waals surface area contributed by atoms with Crippen LogP contribution in [-0.4, -0.2) is 56.0 Å². The van der Waals surface area contributed by atoms with E-state index in [1.54, 1.807) is 6.07 Å². The van der Waals surface area contributed by atoms with Crippen LogP contribution in [0.15, 0.2) is 66.0 Å². The van der Waals surface area contributed by atoms with Crippen molar-refractivity contribution in [2.24, 2.45) is 5.92 Å². The van der Waals surface area contributed by atoms with E-state index in [-0.39, 0.29) is 36.8 Å². The number of hydrogen-bond acceptors (Lipinski definition) is 6. The summed E-state index contributed by atoms with van der Waals surface area (Å²) < 4.78 is 92.5. The second-order valence-electron chi connectivity index (χ2n) is 10.5. The Kier molecular flexibility index (Phi) is 11.1. The summed E-state index contributed by atoms with van der Waals surface area (Å²) >= 11 is 0. The summed E-state index contributed by atoms with van der Waals surface area (Å²) in [5, 5.41) is 0. The first kappa shape index (κ1) is 33.9. The molecule has 2 aliphatic rings. The van der Waals surface area contributed by atoms with Crippen LogP contribution in [0.2, 0.25) is 0 Å². The molecule has 2 aromatic carbocycles. The van der Waals surface area contributed by atoms with Gasteiger partial charge in [0, 0.05) is 31.9 Å². The van der Waals surface area contributed by atoms with E-state index in [1.807, 2.05) is 4.90 Å². The molecule has 1 N–H and O–H groups in total. The molecule has 42 heavy (non-hydrogen) atoms. The van der Waals surface area contributed by atoms with Crippen LogP contribution in [0.3, 0.4) is 0 Å². The van der Waals surface area contributed by atoms with Crippen LogP contribution < -0.4 is 9.62 Å². The number of sulfonamides is 1. The molecular weight excluding hydrogens is 692 g/mol. The third-order valence-electron chi connectivity index (χ3n) is 7.80. The van der Waals surface area contributed by atoms with Crippen molar-refractivity contribution >= 4 is 45.5 Å².